The van der Waals surface area contributed by atoms with E-state index in [9.17, 15) is 0 Å². The number of nitrogens with zero attached hydrogens (tertiary/aromatic N) is 2. The minimum absolute atomic E-state index is 0.371. The van der Waals surface area contributed by atoms with Crippen molar-refractivity contribution < 1.29 is 9.47 Å². The molecule has 2 aromatic rings. The van der Waals surface area contributed by atoms with Crippen LogP contribution in [0.3, 0.4) is 0 Å². The number of ether oxygens (including phenoxy) is 2. The number of benzene rings is 2. The molecule has 1 fully saturated rings. The van der Waals surface area contributed by atoms with E-state index in [0.717, 1.165) is 17.8 Å². The van der Waals surface area contributed by atoms with Gasteiger partial charge in [0.05, 0.1) is 20.8 Å². The zero-order chi connectivity index (χ0) is 20.5. The number of rotatable bonds is 7. The third kappa shape index (κ3) is 6.39. The normalized spacial score (nSPS) is 15.6. The lowest BCUT2D eigenvalue weighted by molar-refractivity contribution is 0.277. The van der Waals surface area contributed by atoms with Gasteiger partial charge in [-0.3, -0.25) is 4.90 Å². The van der Waals surface area contributed by atoms with Gasteiger partial charge in [-0.1, -0.05) is 37.1 Å². The molecular formula is C23H32N4O2. The number of anilines is 1. The van der Waals surface area contributed by atoms with Crippen LogP contribution in [0.15, 0.2) is 47.5 Å². The fourth-order valence-corrected chi connectivity index (χ4v) is 3.66. The highest BCUT2D eigenvalue weighted by Crippen LogP contribution is 2.29. The lowest BCUT2D eigenvalue weighted by Gasteiger charge is -2.20. The van der Waals surface area contributed by atoms with Gasteiger partial charge in [0, 0.05) is 18.3 Å². The van der Waals surface area contributed by atoms with Gasteiger partial charge < -0.3 is 20.5 Å². The van der Waals surface area contributed by atoms with Crippen molar-refractivity contribution in [3.8, 4) is 11.5 Å². The van der Waals surface area contributed by atoms with Crippen molar-refractivity contribution >= 4 is 11.6 Å². The molecule has 0 aliphatic carbocycles. The second kappa shape index (κ2) is 10.7. The molecule has 0 radical (unpaired) electrons. The van der Waals surface area contributed by atoms with Crippen LogP contribution in [0.1, 0.15) is 36.8 Å². The lowest BCUT2D eigenvalue weighted by Crippen LogP contribution is -2.24. The van der Waals surface area contributed by atoms with Crippen molar-refractivity contribution in [2.75, 3.05) is 32.6 Å². The monoisotopic (exact) mass is 396 g/mol. The van der Waals surface area contributed by atoms with Gasteiger partial charge in [0.15, 0.2) is 17.5 Å². The maximum absolute atomic E-state index is 6.08. The zero-order valence-corrected chi connectivity index (χ0v) is 17.5. The summed E-state index contributed by atoms with van der Waals surface area (Å²) in [5.41, 5.74) is 9.38. The summed E-state index contributed by atoms with van der Waals surface area (Å²) in [7, 11) is 3.22. The second-order valence-electron chi connectivity index (χ2n) is 7.41. The number of nitrogens with one attached hydrogen (secondary N) is 1. The Hall–Kier alpha value is -2.73. The molecule has 2 aromatic carbocycles. The van der Waals surface area contributed by atoms with E-state index >= 15 is 0 Å². The Balaban J connectivity index is 1.59. The molecule has 3 rings (SSSR count). The van der Waals surface area contributed by atoms with Crippen LogP contribution in [0.5, 0.6) is 11.5 Å². The third-order valence-corrected chi connectivity index (χ3v) is 5.18. The smallest absolute Gasteiger partial charge is 0.193 e. The van der Waals surface area contributed by atoms with E-state index in [4.69, 9.17) is 15.2 Å². The molecule has 0 spiro atoms. The Labute approximate surface area is 173 Å². The number of hydrogen-bond acceptors (Lipinski definition) is 4. The van der Waals surface area contributed by atoms with Gasteiger partial charge in [-0.15, -0.1) is 0 Å². The summed E-state index contributed by atoms with van der Waals surface area (Å²) in [5, 5.41) is 3.11. The third-order valence-electron chi connectivity index (χ3n) is 5.18. The summed E-state index contributed by atoms with van der Waals surface area (Å²) in [6.07, 6.45) is 5.33. The molecule has 0 bridgehead atoms. The van der Waals surface area contributed by atoms with Crippen LogP contribution in [-0.2, 0) is 13.1 Å². The Morgan fingerprint density at radius 2 is 1.69 bits per heavy atom. The molecule has 1 heterocycles. The molecule has 6 nitrogen and oxygen atoms in total. The average molecular weight is 397 g/mol. The molecule has 1 saturated heterocycles. The molecule has 6 heteroatoms. The topological polar surface area (TPSA) is 72.1 Å². The van der Waals surface area contributed by atoms with E-state index in [1.165, 1.54) is 44.3 Å². The highest BCUT2D eigenvalue weighted by atomic mass is 16.5. The Morgan fingerprint density at radius 3 is 2.41 bits per heavy atom. The molecule has 0 amide bonds. The first-order chi connectivity index (χ1) is 14.2. The fraction of sp³-hybridized carbons (Fsp3) is 0.435. The molecule has 1 aliphatic heterocycles. The summed E-state index contributed by atoms with van der Waals surface area (Å²) >= 11 is 0. The summed E-state index contributed by atoms with van der Waals surface area (Å²) < 4.78 is 10.6. The van der Waals surface area contributed by atoms with Crippen molar-refractivity contribution in [1.29, 1.82) is 0 Å². The van der Waals surface area contributed by atoms with Crippen LogP contribution in [0.25, 0.3) is 0 Å². The minimum atomic E-state index is 0.371. The molecule has 0 saturated carbocycles. The summed E-state index contributed by atoms with van der Waals surface area (Å²) in [5.74, 6) is 1.69. The summed E-state index contributed by atoms with van der Waals surface area (Å²) in [6, 6.07) is 14.2. The van der Waals surface area contributed by atoms with Crippen molar-refractivity contribution in [3.63, 3.8) is 0 Å². The average Bonchev–Trinajstić information content (AvgIpc) is 3.01. The van der Waals surface area contributed by atoms with Crippen LogP contribution >= 0.6 is 0 Å². The largest absolute Gasteiger partial charge is 0.493 e. The molecular weight excluding hydrogens is 364 g/mol. The molecule has 0 aromatic heterocycles. The SMILES string of the molecule is COc1ccc(NC(N)=NCc2cccc(CN3CCCCCC3)c2)cc1OC. The summed E-state index contributed by atoms with van der Waals surface area (Å²) in [4.78, 5) is 7.05. The number of nitrogens with two attached hydrogens (primary N) is 1. The molecule has 0 atom stereocenters. The number of methoxy groups -OCH3 is 2. The van der Waals surface area contributed by atoms with Gasteiger partial charge in [-0.05, 0) is 49.2 Å². The van der Waals surface area contributed by atoms with Crippen molar-refractivity contribution in [2.24, 2.45) is 10.7 Å². The second-order valence-corrected chi connectivity index (χ2v) is 7.41. The number of likely N-dealkylation sites (tertiary alicyclic amines) is 1. The summed E-state index contributed by atoms with van der Waals surface area (Å²) in [6.45, 7) is 3.95. The Kier molecular flexibility index (Phi) is 7.76. The van der Waals surface area contributed by atoms with Gasteiger partial charge >= 0.3 is 0 Å². The van der Waals surface area contributed by atoms with E-state index in [-0.39, 0.29) is 0 Å². The van der Waals surface area contributed by atoms with Crippen LogP contribution in [0, 0.1) is 0 Å². The quantitative estimate of drug-likeness (QED) is 0.547. The van der Waals surface area contributed by atoms with Gasteiger partial charge in [0.1, 0.15) is 0 Å². The maximum atomic E-state index is 6.08. The zero-order valence-electron chi connectivity index (χ0n) is 17.5. The molecule has 3 N–H and O–H groups in total. The lowest BCUT2D eigenvalue weighted by atomic mass is 10.1. The number of aliphatic imine (C=N–C) groups is 1. The number of hydrogen-bond donors (Lipinski definition) is 2. The molecule has 1 aliphatic rings. The van der Waals surface area contributed by atoms with E-state index in [1.54, 1.807) is 14.2 Å². The predicted molar refractivity (Wildman–Crippen MR) is 119 cm³/mol. The predicted octanol–water partition coefficient (Wildman–Crippen LogP) is 4.01. The van der Waals surface area contributed by atoms with Crippen LogP contribution in [0.2, 0.25) is 0 Å². The maximum Gasteiger partial charge on any atom is 0.193 e. The van der Waals surface area contributed by atoms with Gasteiger partial charge in [0.2, 0.25) is 0 Å². The van der Waals surface area contributed by atoms with E-state index in [2.05, 4.69) is 39.5 Å². The molecule has 29 heavy (non-hydrogen) atoms. The van der Waals surface area contributed by atoms with Gasteiger partial charge in [0.25, 0.3) is 0 Å². The molecule has 0 unspecified atom stereocenters. The standard InChI is InChI=1S/C23H32N4O2/c1-28-21-11-10-20(15-22(21)29-2)26-23(24)25-16-18-8-7-9-19(14-18)17-27-12-5-3-4-6-13-27/h7-11,14-15H,3-6,12-13,16-17H2,1-2H3,(H3,24,25,26). The minimum Gasteiger partial charge on any atom is -0.493 e. The van der Waals surface area contributed by atoms with Crippen LogP contribution in [0.4, 0.5) is 5.69 Å². The first-order valence-corrected chi connectivity index (χ1v) is 10.3. The van der Waals surface area contributed by atoms with E-state index < -0.39 is 0 Å². The van der Waals surface area contributed by atoms with Gasteiger partial charge in [-0.25, -0.2) is 4.99 Å². The van der Waals surface area contributed by atoms with E-state index in [0.29, 0.717) is 24.0 Å². The van der Waals surface area contributed by atoms with Crippen LogP contribution < -0.4 is 20.5 Å². The highest BCUT2D eigenvalue weighted by molar-refractivity contribution is 5.92. The van der Waals surface area contributed by atoms with E-state index in [1.807, 2.05) is 18.2 Å². The van der Waals surface area contributed by atoms with Crippen molar-refractivity contribution in [2.45, 2.75) is 38.8 Å². The van der Waals surface area contributed by atoms with Crippen LogP contribution in [-0.4, -0.2) is 38.2 Å². The number of guanidine groups is 1. The Bertz CT molecular complexity index is 814. The Morgan fingerprint density at radius 1 is 0.966 bits per heavy atom. The first kappa shape index (κ1) is 21.0. The van der Waals surface area contributed by atoms with Gasteiger partial charge in [-0.2, -0.15) is 0 Å². The fourth-order valence-electron chi connectivity index (χ4n) is 3.66. The first-order valence-electron chi connectivity index (χ1n) is 10.3. The van der Waals surface area contributed by atoms with Crippen molar-refractivity contribution in [3.05, 3.63) is 53.6 Å². The molecule has 156 valence electrons. The van der Waals surface area contributed by atoms with Crippen molar-refractivity contribution in [1.82, 2.24) is 4.90 Å². The highest BCUT2D eigenvalue weighted by Gasteiger charge is 2.10.